The molecule has 0 radical (unpaired) electrons. The summed E-state index contributed by atoms with van der Waals surface area (Å²) in [5.74, 6) is 0. The number of rotatable bonds is 3. The van der Waals surface area contributed by atoms with E-state index in [9.17, 15) is 8.42 Å². The van der Waals surface area contributed by atoms with Crippen molar-refractivity contribution in [1.82, 2.24) is 4.31 Å². The Balaban J connectivity index is 1.60. The Labute approximate surface area is 146 Å². The minimum Gasteiger partial charge on any atom is -0.330 e. The van der Waals surface area contributed by atoms with Crippen LogP contribution in [0.15, 0.2) is 29.2 Å². The smallest absolute Gasteiger partial charge is 0.243 e. The van der Waals surface area contributed by atoms with Crippen molar-refractivity contribution in [2.24, 2.45) is 0 Å². The van der Waals surface area contributed by atoms with Gasteiger partial charge in [0.2, 0.25) is 10.0 Å². The Morgan fingerprint density at radius 1 is 0.917 bits per heavy atom. The topological polar surface area (TPSA) is 41.8 Å². The zero-order chi connectivity index (χ0) is 17.0. The molecule has 134 valence electrons. The van der Waals surface area contributed by atoms with Crippen molar-refractivity contribution in [2.45, 2.75) is 62.8 Å². The molecule has 1 saturated carbocycles. The molecule has 1 heterocycles. The van der Waals surface area contributed by atoms with Crippen molar-refractivity contribution in [1.29, 1.82) is 0 Å². The second-order valence-electron chi connectivity index (χ2n) is 7.42. The van der Waals surface area contributed by atoms with E-state index in [1.165, 1.54) is 44.9 Å². The summed E-state index contributed by atoms with van der Waals surface area (Å²) >= 11 is 0. The summed E-state index contributed by atoms with van der Waals surface area (Å²) in [6, 6.07) is 7.97. The number of nitrogens with zero attached hydrogens (tertiary/aromatic N) is 1. The van der Waals surface area contributed by atoms with Crippen LogP contribution >= 0.6 is 0 Å². The maximum absolute atomic E-state index is 12.8. The maximum atomic E-state index is 12.8. The molecule has 0 spiro atoms. The molecule has 0 atom stereocenters. The molecule has 1 saturated heterocycles. The third kappa shape index (κ3) is 4.19. The Morgan fingerprint density at radius 2 is 1.46 bits per heavy atom. The normalized spacial score (nSPS) is 22.9. The lowest BCUT2D eigenvalue weighted by atomic mass is 9.95. The molecular weight excluding hydrogens is 320 g/mol. The lowest BCUT2D eigenvalue weighted by molar-refractivity contribution is -0.929. The highest BCUT2D eigenvalue weighted by Crippen LogP contribution is 2.18. The van der Waals surface area contributed by atoms with E-state index >= 15 is 0 Å². The van der Waals surface area contributed by atoms with Crippen LogP contribution in [0.1, 0.15) is 50.5 Å². The van der Waals surface area contributed by atoms with Gasteiger partial charge in [0.15, 0.2) is 0 Å². The van der Waals surface area contributed by atoms with Gasteiger partial charge in [0.05, 0.1) is 37.1 Å². The highest BCUT2D eigenvalue weighted by atomic mass is 32.2. The van der Waals surface area contributed by atoms with Crippen LogP contribution in [0, 0.1) is 6.92 Å². The first-order valence-corrected chi connectivity index (χ1v) is 10.9. The Kier molecular flexibility index (Phi) is 5.95. The van der Waals surface area contributed by atoms with Crippen molar-refractivity contribution in [3.05, 3.63) is 29.8 Å². The standard InChI is InChI=1S/C19H30N2O2S/c1-17-9-11-19(12-10-17)24(22,23)21-15-13-20(14-16-21)18-7-5-3-2-4-6-8-18/h9-12,18H,2-8,13-16H2,1H3/p+1. The third-order valence-electron chi connectivity index (χ3n) is 5.71. The molecule has 1 aromatic carbocycles. The number of sulfonamides is 1. The molecule has 1 aliphatic heterocycles. The molecular formula is C19H31N2O2S+. The SMILES string of the molecule is Cc1ccc(S(=O)(=O)N2CC[NH+](C3CCCCCCC3)CC2)cc1. The molecule has 0 unspecified atom stereocenters. The van der Waals surface area contributed by atoms with Gasteiger partial charge in [0.25, 0.3) is 0 Å². The van der Waals surface area contributed by atoms with Gasteiger partial charge in [0.1, 0.15) is 0 Å². The third-order valence-corrected chi connectivity index (χ3v) is 7.62. The fraction of sp³-hybridized carbons (Fsp3) is 0.684. The quantitative estimate of drug-likeness (QED) is 0.905. The fourth-order valence-electron chi connectivity index (χ4n) is 4.15. The van der Waals surface area contributed by atoms with Gasteiger partial charge in [-0.15, -0.1) is 0 Å². The van der Waals surface area contributed by atoms with Crippen LogP contribution in [0.2, 0.25) is 0 Å². The number of aryl methyl sites for hydroxylation is 1. The molecule has 0 aromatic heterocycles. The molecule has 5 heteroatoms. The molecule has 4 nitrogen and oxygen atoms in total. The molecule has 2 aliphatic rings. The highest BCUT2D eigenvalue weighted by molar-refractivity contribution is 7.89. The molecule has 3 rings (SSSR count). The summed E-state index contributed by atoms with van der Waals surface area (Å²) in [6.07, 6.45) is 9.47. The van der Waals surface area contributed by atoms with E-state index < -0.39 is 10.0 Å². The van der Waals surface area contributed by atoms with E-state index in [-0.39, 0.29) is 0 Å². The van der Waals surface area contributed by atoms with Crippen LogP contribution in [0.5, 0.6) is 0 Å². The number of benzene rings is 1. The summed E-state index contributed by atoms with van der Waals surface area (Å²) < 4.78 is 27.3. The minimum absolute atomic E-state index is 0.433. The van der Waals surface area contributed by atoms with Crippen molar-refractivity contribution >= 4 is 10.0 Å². The first-order chi connectivity index (χ1) is 11.6. The van der Waals surface area contributed by atoms with E-state index in [1.807, 2.05) is 19.1 Å². The largest absolute Gasteiger partial charge is 0.330 e. The lowest BCUT2D eigenvalue weighted by Crippen LogP contribution is -3.18. The van der Waals surface area contributed by atoms with Gasteiger partial charge in [-0.1, -0.05) is 37.0 Å². The minimum atomic E-state index is -3.33. The van der Waals surface area contributed by atoms with Gasteiger partial charge in [-0.2, -0.15) is 4.31 Å². The number of hydrogen-bond donors (Lipinski definition) is 1. The Bertz CT molecular complexity index is 611. The van der Waals surface area contributed by atoms with Gasteiger partial charge in [0, 0.05) is 0 Å². The summed E-state index contributed by atoms with van der Waals surface area (Å²) in [5, 5.41) is 0. The molecule has 1 N–H and O–H groups in total. The number of quaternary nitrogens is 1. The maximum Gasteiger partial charge on any atom is 0.243 e. The molecule has 2 fully saturated rings. The number of hydrogen-bond acceptors (Lipinski definition) is 2. The fourth-order valence-corrected chi connectivity index (χ4v) is 5.59. The van der Waals surface area contributed by atoms with Crippen LogP contribution in [0.25, 0.3) is 0 Å². The van der Waals surface area contributed by atoms with Gasteiger partial charge in [-0.05, 0) is 44.7 Å². The van der Waals surface area contributed by atoms with Gasteiger partial charge in [-0.3, -0.25) is 0 Å². The first kappa shape index (κ1) is 17.9. The predicted molar refractivity (Wildman–Crippen MR) is 96.7 cm³/mol. The van der Waals surface area contributed by atoms with Crippen LogP contribution in [-0.2, 0) is 10.0 Å². The van der Waals surface area contributed by atoms with Crippen LogP contribution < -0.4 is 4.90 Å². The van der Waals surface area contributed by atoms with E-state index in [2.05, 4.69) is 0 Å². The van der Waals surface area contributed by atoms with Gasteiger partial charge < -0.3 is 4.90 Å². The van der Waals surface area contributed by atoms with Crippen molar-refractivity contribution in [3.63, 3.8) is 0 Å². The molecule has 1 aliphatic carbocycles. The van der Waals surface area contributed by atoms with Crippen molar-refractivity contribution in [3.8, 4) is 0 Å². The Morgan fingerprint density at radius 3 is 2.04 bits per heavy atom. The van der Waals surface area contributed by atoms with Crippen molar-refractivity contribution in [2.75, 3.05) is 26.2 Å². The summed E-state index contributed by atoms with van der Waals surface area (Å²) in [6.45, 7) is 5.20. The summed E-state index contributed by atoms with van der Waals surface area (Å²) in [4.78, 5) is 2.06. The average molecular weight is 352 g/mol. The number of piperazine rings is 1. The van der Waals surface area contributed by atoms with Crippen molar-refractivity contribution < 1.29 is 13.3 Å². The summed E-state index contributed by atoms with van der Waals surface area (Å²) in [5.41, 5.74) is 1.09. The Hall–Kier alpha value is -0.910. The zero-order valence-corrected chi connectivity index (χ0v) is 15.7. The molecule has 0 bridgehead atoms. The lowest BCUT2D eigenvalue weighted by Gasteiger charge is -2.36. The molecule has 24 heavy (non-hydrogen) atoms. The van der Waals surface area contributed by atoms with Gasteiger partial charge >= 0.3 is 0 Å². The van der Waals surface area contributed by atoms with Crippen LogP contribution in [0.4, 0.5) is 0 Å². The van der Waals surface area contributed by atoms with Crippen LogP contribution in [0.3, 0.4) is 0 Å². The molecule has 0 amide bonds. The zero-order valence-electron chi connectivity index (χ0n) is 14.8. The summed E-state index contributed by atoms with van der Waals surface area (Å²) in [7, 11) is -3.33. The van der Waals surface area contributed by atoms with E-state index in [4.69, 9.17) is 0 Å². The predicted octanol–water partition coefficient (Wildman–Crippen LogP) is 2.00. The molecule has 1 aromatic rings. The highest BCUT2D eigenvalue weighted by Gasteiger charge is 2.33. The average Bonchev–Trinajstić information content (AvgIpc) is 2.55. The van der Waals surface area contributed by atoms with E-state index in [1.54, 1.807) is 21.3 Å². The first-order valence-electron chi connectivity index (χ1n) is 9.49. The monoisotopic (exact) mass is 351 g/mol. The second kappa shape index (κ2) is 7.98. The van der Waals surface area contributed by atoms with Gasteiger partial charge in [-0.25, -0.2) is 8.42 Å². The van der Waals surface area contributed by atoms with E-state index in [0.29, 0.717) is 18.0 Å². The van der Waals surface area contributed by atoms with Crippen LogP contribution in [-0.4, -0.2) is 44.9 Å². The number of nitrogens with one attached hydrogen (secondary N) is 1. The second-order valence-corrected chi connectivity index (χ2v) is 9.36. The van der Waals surface area contributed by atoms with E-state index in [0.717, 1.165) is 24.7 Å².